The van der Waals surface area contributed by atoms with Crippen LogP contribution < -0.4 is 9.47 Å². The highest BCUT2D eigenvalue weighted by molar-refractivity contribution is 6.00. The third-order valence-corrected chi connectivity index (χ3v) is 5.82. The molecule has 0 aliphatic carbocycles. The maximum Gasteiger partial charge on any atom is 0.273 e. The van der Waals surface area contributed by atoms with E-state index in [4.69, 9.17) is 9.47 Å². The number of para-hydroxylation sites is 1. The van der Waals surface area contributed by atoms with E-state index in [-0.39, 0.29) is 24.8 Å². The summed E-state index contributed by atoms with van der Waals surface area (Å²) in [5.41, 5.74) is 2.83. The highest BCUT2D eigenvalue weighted by Crippen LogP contribution is 2.45. The van der Waals surface area contributed by atoms with Gasteiger partial charge in [-0.25, -0.2) is 0 Å². The normalized spacial score (nSPS) is 15.2. The molecule has 1 amide bonds. The highest BCUT2D eigenvalue weighted by atomic mass is 16.5. The van der Waals surface area contributed by atoms with Gasteiger partial charge in [-0.2, -0.15) is 5.10 Å². The first-order valence-electron chi connectivity index (χ1n) is 11.1. The number of phenolic OH excluding ortho intramolecular Hbond substituents is 1. The van der Waals surface area contributed by atoms with Gasteiger partial charge in [0, 0.05) is 17.7 Å². The molecule has 1 aromatic heterocycles. The molecule has 0 unspecified atom stereocenters. The molecular formula is C25H29N3O5. The molecule has 2 heterocycles. The van der Waals surface area contributed by atoms with Gasteiger partial charge in [0.25, 0.3) is 5.91 Å². The predicted molar refractivity (Wildman–Crippen MR) is 124 cm³/mol. The molecule has 3 N–H and O–H groups in total. The SMILES string of the molecule is COc1cc([C@H]2c3c(-c4ccccc4O)n[nH]c3C(=O)N2CCO)ccc1OCCC(C)C. The molecule has 4 rings (SSSR count). The summed E-state index contributed by atoms with van der Waals surface area (Å²) in [6.07, 6.45) is 0.925. The quantitative estimate of drug-likeness (QED) is 0.457. The topological polar surface area (TPSA) is 108 Å². The van der Waals surface area contributed by atoms with Crippen molar-refractivity contribution in [3.8, 4) is 28.5 Å². The largest absolute Gasteiger partial charge is 0.507 e. The number of H-pyrrole nitrogens is 1. The van der Waals surface area contributed by atoms with Gasteiger partial charge in [-0.15, -0.1) is 0 Å². The number of carbonyl (C=O) groups is 1. The minimum absolute atomic E-state index is 0.0742. The molecule has 8 heteroatoms. The van der Waals surface area contributed by atoms with Crippen molar-refractivity contribution in [2.45, 2.75) is 26.3 Å². The van der Waals surface area contributed by atoms with Crippen LogP contribution in [0.4, 0.5) is 0 Å². The van der Waals surface area contributed by atoms with Gasteiger partial charge in [0.15, 0.2) is 11.5 Å². The number of ether oxygens (including phenoxy) is 2. The molecule has 1 atom stereocenters. The third kappa shape index (κ3) is 4.26. The van der Waals surface area contributed by atoms with Gasteiger partial charge < -0.3 is 24.6 Å². The number of methoxy groups -OCH3 is 1. The first kappa shape index (κ1) is 22.7. The Balaban J connectivity index is 1.78. The number of rotatable bonds is 9. The lowest BCUT2D eigenvalue weighted by Gasteiger charge is -2.26. The van der Waals surface area contributed by atoms with Crippen molar-refractivity contribution in [3.63, 3.8) is 0 Å². The lowest BCUT2D eigenvalue weighted by atomic mass is 9.95. The molecule has 1 aliphatic rings. The van der Waals surface area contributed by atoms with Crippen LogP contribution in [0.3, 0.4) is 0 Å². The fraction of sp³-hybridized carbons (Fsp3) is 0.360. The van der Waals surface area contributed by atoms with Crippen LogP contribution in [0.1, 0.15) is 47.9 Å². The van der Waals surface area contributed by atoms with Gasteiger partial charge in [0.05, 0.1) is 26.4 Å². The molecule has 3 aromatic rings. The predicted octanol–water partition coefficient (Wildman–Crippen LogP) is 3.75. The molecule has 1 aliphatic heterocycles. The van der Waals surface area contributed by atoms with Crippen LogP contribution >= 0.6 is 0 Å². The van der Waals surface area contributed by atoms with E-state index in [1.807, 2.05) is 18.2 Å². The zero-order valence-electron chi connectivity index (χ0n) is 19.0. The van der Waals surface area contributed by atoms with Gasteiger partial charge in [0.2, 0.25) is 0 Å². The third-order valence-electron chi connectivity index (χ3n) is 5.82. The second-order valence-electron chi connectivity index (χ2n) is 8.44. The van der Waals surface area contributed by atoms with E-state index in [2.05, 4.69) is 24.0 Å². The van der Waals surface area contributed by atoms with Crippen molar-refractivity contribution in [1.29, 1.82) is 0 Å². The minimum atomic E-state index is -0.508. The molecule has 0 saturated carbocycles. The Kier molecular flexibility index (Phi) is 6.55. The summed E-state index contributed by atoms with van der Waals surface area (Å²) in [5, 5.41) is 27.2. The summed E-state index contributed by atoms with van der Waals surface area (Å²) in [4.78, 5) is 14.7. The number of hydrogen-bond acceptors (Lipinski definition) is 6. The second-order valence-corrected chi connectivity index (χ2v) is 8.44. The Morgan fingerprint density at radius 3 is 2.67 bits per heavy atom. The molecule has 33 heavy (non-hydrogen) atoms. The molecule has 0 radical (unpaired) electrons. The molecule has 0 saturated heterocycles. The number of carbonyl (C=O) groups excluding carboxylic acids is 1. The zero-order chi connectivity index (χ0) is 23.5. The lowest BCUT2D eigenvalue weighted by molar-refractivity contribution is 0.0706. The Morgan fingerprint density at radius 2 is 1.97 bits per heavy atom. The van der Waals surface area contributed by atoms with Crippen molar-refractivity contribution >= 4 is 5.91 Å². The second kappa shape index (κ2) is 9.54. The van der Waals surface area contributed by atoms with Crippen LogP contribution in [0, 0.1) is 5.92 Å². The van der Waals surface area contributed by atoms with Crippen LogP contribution in [0.2, 0.25) is 0 Å². The van der Waals surface area contributed by atoms with Gasteiger partial charge in [-0.1, -0.05) is 32.0 Å². The summed E-state index contributed by atoms with van der Waals surface area (Å²) in [6, 6.07) is 12.0. The van der Waals surface area contributed by atoms with Crippen molar-refractivity contribution in [2.24, 2.45) is 5.92 Å². The zero-order valence-corrected chi connectivity index (χ0v) is 19.0. The van der Waals surface area contributed by atoms with Crippen LogP contribution in [0.5, 0.6) is 17.2 Å². The van der Waals surface area contributed by atoms with E-state index >= 15 is 0 Å². The number of aromatic nitrogens is 2. The molecule has 0 fully saturated rings. The summed E-state index contributed by atoms with van der Waals surface area (Å²) < 4.78 is 11.5. The monoisotopic (exact) mass is 451 g/mol. The number of benzene rings is 2. The fourth-order valence-electron chi connectivity index (χ4n) is 4.14. The number of nitrogens with one attached hydrogen (secondary N) is 1. The number of aliphatic hydroxyl groups excluding tert-OH is 1. The number of phenols is 1. The Hall–Kier alpha value is -3.52. The van der Waals surface area contributed by atoms with Gasteiger partial charge in [-0.3, -0.25) is 9.89 Å². The molecule has 0 bridgehead atoms. The molecule has 174 valence electrons. The van der Waals surface area contributed by atoms with E-state index in [1.165, 1.54) is 0 Å². The smallest absolute Gasteiger partial charge is 0.273 e. The summed E-state index contributed by atoms with van der Waals surface area (Å²) in [7, 11) is 1.58. The Morgan fingerprint density at radius 1 is 1.18 bits per heavy atom. The average molecular weight is 452 g/mol. The number of aliphatic hydroxyl groups is 1. The van der Waals surface area contributed by atoms with Crippen molar-refractivity contribution in [2.75, 3.05) is 26.9 Å². The van der Waals surface area contributed by atoms with Gasteiger partial charge >= 0.3 is 0 Å². The number of fused-ring (bicyclic) bond motifs is 1. The first-order chi connectivity index (χ1) is 16.0. The van der Waals surface area contributed by atoms with Crippen LogP contribution in [0.15, 0.2) is 42.5 Å². The van der Waals surface area contributed by atoms with Gasteiger partial charge in [0.1, 0.15) is 17.1 Å². The van der Waals surface area contributed by atoms with E-state index in [0.29, 0.717) is 46.5 Å². The maximum absolute atomic E-state index is 13.2. The maximum atomic E-state index is 13.2. The van der Waals surface area contributed by atoms with E-state index in [9.17, 15) is 15.0 Å². The highest BCUT2D eigenvalue weighted by Gasteiger charge is 2.42. The standard InChI is InChI=1S/C25H29N3O5/c1-15(2)10-13-33-19-9-8-16(14-20(19)32-3)24-21-22(17-6-4-5-7-18(17)30)26-27-23(21)25(31)28(24)11-12-29/h4-9,14-15,24,29-30H,10-13H2,1-3H3,(H,26,27)/t24-/m0/s1. The van der Waals surface area contributed by atoms with Crippen LogP contribution in [0.25, 0.3) is 11.3 Å². The number of hydrogen-bond donors (Lipinski definition) is 3. The van der Waals surface area contributed by atoms with E-state index < -0.39 is 6.04 Å². The fourth-order valence-corrected chi connectivity index (χ4v) is 4.14. The summed E-state index contributed by atoms with van der Waals surface area (Å²) in [6.45, 7) is 4.83. The average Bonchev–Trinajstić information content (AvgIpc) is 3.34. The number of amides is 1. The van der Waals surface area contributed by atoms with Crippen LogP contribution in [-0.2, 0) is 0 Å². The number of β-amino-alcohol motifs (C(OH)–C–C–N with tert-alkyl or cyclic N) is 1. The van der Waals surface area contributed by atoms with Crippen LogP contribution in [-0.4, -0.2) is 58.1 Å². The molecular weight excluding hydrogens is 422 g/mol. The van der Waals surface area contributed by atoms with E-state index in [1.54, 1.807) is 36.3 Å². The number of aromatic amines is 1. The van der Waals surface area contributed by atoms with Crippen molar-refractivity contribution in [3.05, 3.63) is 59.3 Å². The molecule has 0 spiro atoms. The Labute approximate surface area is 192 Å². The lowest BCUT2D eigenvalue weighted by Crippen LogP contribution is -2.32. The number of aromatic hydroxyl groups is 1. The number of nitrogens with zero attached hydrogens (tertiary/aromatic N) is 2. The molecule has 8 nitrogen and oxygen atoms in total. The molecule has 2 aromatic carbocycles. The Bertz CT molecular complexity index is 1140. The van der Waals surface area contributed by atoms with E-state index in [0.717, 1.165) is 12.0 Å². The minimum Gasteiger partial charge on any atom is -0.507 e. The van der Waals surface area contributed by atoms with Crippen molar-refractivity contribution in [1.82, 2.24) is 15.1 Å². The van der Waals surface area contributed by atoms with Gasteiger partial charge in [-0.05, 0) is 42.2 Å². The summed E-state index contributed by atoms with van der Waals surface area (Å²) in [5.74, 6) is 1.54. The summed E-state index contributed by atoms with van der Waals surface area (Å²) >= 11 is 0. The van der Waals surface area contributed by atoms with Crippen molar-refractivity contribution < 1.29 is 24.5 Å². The first-order valence-corrected chi connectivity index (χ1v) is 11.1.